The van der Waals surface area contributed by atoms with Gasteiger partial charge in [-0.25, -0.2) is 4.79 Å². The Balaban J connectivity index is 1.32. The lowest BCUT2D eigenvalue weighted by molar-refractivity contribution is -0.0688. The summed E-state index contributed by atoms with van der Waals surface area (Å²) in [4.78, 5) is 27.7. The third-order valence-corrected chi connectivity index (χ3v) is 8.46. The Morgan fingerprint density at radius 1 is 1.12 bits per heavy atom. The van der Waals surface area contributed by atoms with E-state index in [0.717, 1.165) is 29.0 Å². The molecule has 1 aromatic heterocycles. The summed E-state index contributed by atoms with van der Waals surface area (Å²) >= 11 is 0. The average Bonchev–Trinajstić information content (AvgIpc) is 3.02. The number of hydrogen-bond donors (Lipinski definition) is 1. The number of rotatable bonds is 3. The fraction of sp³-hybridized carbons (Fsp3) is 0.800. The minimum absolute atomic E-state index is 0.101. The molecule has 4 fully saturated rings. The fourth-order valence-electron chi connectivity index (χ4n) is 7.38. The van der Waals surface area contributed by atoms with Gasteiger partial charge in [0.1, 0.15) is 5.60 Å². The van der Waals surface area contributed by atoms with Gasteiger partial charge in [-0.15, -0.1) is 0 Å². The van der Waals surface area contributed by atoms with Crippen LogP contribution >= 0.6 is 0 Å². The average molecular weight is 443 g/mol. The summed E-state index contributed by atoms with van der Waals surface area (Å²) in [6.45, 7) is 8.76. The van der Waals surface area contributed by atoms with Crippen LogP contribution in [0.1, 0.15) is 88.0 Å². The number of aryl methyl sites for hydroxylation is 1. The van der Waals surface area contributed by atoms with E-state index >= 15 is 0 Å². The van der Waals surface area contributed by atoms with Crippen molar-refractivity contribution in [3.63, 3.8) is 0 Å². The number of hydrogen-bond acceptors (Lipinski definition) is 4. The first kappa shape index (κ1) is 21.8. The monoisotopic (exact) mass is 442 g/mol. The van der Waals surface area contributed by atoms with E-state index in [0.29, 0.717) is 25.2 Å². The van der Waals surface area contributed by atoms with Crippen LogP contribution in [0.15, 0.2) is 0 Å². The van der Waals surface area contributed by atoms with Gasteiger partial charge in [-0.2, -0.15) is 5.10 Å². The summed E-state index contributed by atoms with van der Waals surface area (Å²) in [6.07, 6.45) is 8.31. The second kappa shape index (κ2) is 7.49. The molecule has 0 saturated heterocycles. The SMILES string of the molecule is CC(NC(=O)c1nn(C)c2c1CN(C(=O)OC(C)(C)C)CC2)C12CC3CC(CC(C3)C1)C2. The lowest BCUT2D eigenvalue weighted by Gasteiger charge is -2.59. The molecular weight excluding hydrogens is 404 g/mol. The van der Waals surface area contributed by atoms with Crippen LogP contribution in [0.25, 0.3) is 0 Å². The van der Waals surface area contributed by atoms with Crippen LogP contribution in [0, 0.1) is 23.2 Å². The Kier molecular flexibility index (Phi) is 5.10. The van der Waals surface area contributed by atoms with Crippen molar-refractivity contribution >= 4 is 12.0 Å². The lowest BCUT2D eigenvalue weighted by Crippen LogP contribution is -2.56. The van der Waals surface area contributed by atoms with Crippen molar-refractivity contribution in [2.45, 2.75) is 90.8 Å². The molecular formula is C25H38N4O3. The molecule has 7 nitrogen and oxygen atoms in total. The molecule has 0 aromatic carbocycles. The molecule has 4 bridgehead atoms. The molecule has 4 aliphatic carbocycles. The Hall–Kier alpha value is -2.05. The van der Waals surface area contributed by atoms with Crippen molar-refractivity contribution in [2.75, 3.05) is 6.54 Å². The predicted molar refractivity (Wildman–Crippen MR) is 121 cm³/mol. The molecule has 176 valence electrons. The highest BCUT2D eigenvalue weighted by atomic mass is 16.6. The number of nitrogens with zero attached hydrogens (tertiary/aromatic N) is 3. The number of amides is 2. The smallest absolute Gasteiger partial charge is 0.410 e. The summed E-state index contributed by atoms with van der Waals surface area (Å²) in [5.41, 5.74) is 2.08. The fourth-order valence-corrected chi connectivity index (χ4v) is 7.38. The number of fused-ring (bicyclic) bond motifs is 1. The maximum atomic E-state index is 13.4. The van der Waals surface area contributed by atoms with E-state index in [1.54, 1.807) is 4.90 Å². The number of nitrogens with one attached hydrogen (secondary N) is 1. The molecule has 0 spiro atoms. The number of aromatic nitrogens is 2. The number of carbonyl (C=O) groups is 2. The van der Waals surface area contributed by atoms with Gasteiger partial charge in [0, 0.05) is 37.3 Å². The van der Waals surface area contributed by atoms with Gasteiger partial charge >= 0.3 is 6.09 Å². The van der Waals surface area contributed by atoms with E-state index in [2.05, 4.69) is 17.3 Å². The van der Waals surface area contributed by atoms with Crippen LogP contribution in [0.3, 0.4) is 0 Å². The van der Waals surface area contributed by atoms with Gasteiger partial charge in [-0.3, -0.25) is 9.48 Å². The molecule has 4 saturated carbocycles. The van der Waals surface area contributed by atoms with E-state index in [4.69, 9.17) is 4.74 Å². The Labute approximate surface area is 191 Å². The molecule has 2 heterocycles. The van der Waals surface area contributed by atoms with Crippen LogP contribution in [0.5, 0.6) is 0 Å². The number of ether oxygens (including phenoxy) is 1. The molecule has 7 heteroatoms. The molecule has 1 unspecified atom stereocenters. The maximum absolute atomic E-state index is 13.4. The Bertz CT molecular complexity index is 893. The highest BCUT2D eigenvalue weighted by molar-refractivity contribution is 5.94. The van der Waals surface area contributed by atoms with Gasteiger partial charge in [0.2, 0.25) is 0 Å². The summed E-state index contributed by atoms with van der Waals surface area (Å²) in [7, 11) is 1.89. The zero-order valence-electron chi connectivity index (χ0n) is 20.2. The molecule has 6 rings (SSSR count). The van der Waals surface area contributed by atoms with E-state index in [1.807, 2.05) is 32.5 Å². The minimum Gasteiger partial charge on any atom is -0.444 e. The van der Waals surface area contributed by atoms with Gasteiger partial charge in [0.25, 0.3) is 5.91 Å². The zero-order chi connectivity index (χ0) is 22.8. The molecule has 5 aliphatic rings. The largest absolute Gasteiger partial charge is 0.444 e. The molecule has 1 aromatic rings. The van der Waals surface area contributed by atoms with Gasteiger partial charge in [0.15, 0.2) is 5.69 Å². The summed E-state index contributed by atoms with van der Waals surface area (Å²) in [6, 6.07) is 0.145. The topological polar surface area (TPSA) is 76.5 Å². The van der Waals surface area contributed by atoms with E-state index < -0.39 is 5.60 Å². The first-order valence-corrected chi connectivity index (χ1v) is 12.4. The standard InChI is InChI=1S/C25H38N4O3/c1-15(25-11-16-8-17(12-25)10-18(9-16)13-25)26-22(30)21-19-14-29(23(31)32-24(2,3)4)7-6-20(19)28(5)27-21/h15-18H,6-14H2,1-5H3,(H,26,30). The maximum Gasteiger partial charge on any atom is 0.410 e. The van der Waals surface area contributed by atoms with E-state index in [9.17, 15) is 9.59 Å². The van der Waals surface area contributed by atoms with Crippen molar-refractivity contribution in [3.8, 4) is 0 Å². The quantitative estimate of drug-likeness (QED) is 0.766. The third kappa shape index (κ3) is 3.81. The summed E-state index contributed by atoms with van der Waals surface area (Å²) < 4.78 is 7.37. The van der Waals surface area contributed by atoms with Gasteiger partial charge in [-0.05, 0) is 89.4 Å². The first-order chi connectivity index (χ1) is 15.0. The summed E-state index contributed by atoms with van der Waals surface area (Å²) in [5, 5.41) is 7.94. The molecule has 1 atom stereocenters. The third-order valence-electron chi connectivity index (χ3n) is 8.46. The Morgan fingerprint density at radius 3 is 2.28 bits per heavy atom. The van der Waals surface area contributed by atoms with Crippen molar-refractivity contribution < 1.29 is 14.3 Å². The number of carbonyl (C=O) groups excluding carboxylic acids is 2. The second-order valence-corrected chi connectivity index (χ2v) is 12.0. The predicted octanol–water partition coefficient (Wildman–Crippen LogP) is 4.05. The van der Waals surface area contributed by atoms with Crippen molar-refractivity contribution in [2.24, 2.45) is 30.2 Å². The highest BCUT2D eigenvalue weighted by Gasteiger charge is 2.53. The van der Waals surface area contributed by atoms with Crippen LogP contribution in [-0.2, 0) is 24.8 Å². The van der Waals surface area contributed by atoms with Crippen LogP contribution in [0.4, 0.5) is 4.79 Å². The van der Waals surface area contributed by atoms with Gasteiger partial charge in [-0.1, -0.05) is 0 Å². The van der Waals surface area contributed by atoms with Crippen LogP contribution in [0.2, 0.25) is 0 Å². The Morgan fingerprint density at radius 2 is 1.72 bits per heavy atom. The van der Waals surface area contributed by atoms with Gasteiger partial charge in [0.05, 0.1) is 6.54 Å². The minimum atomic E-state index is -0.542. The second-order valence-electron chi connectivity index (χ2n) is 12.0. The molecule has 0 radical (unpaired) electrons. The van der Waals surface area contributed by atoms with E-state index in [1.165, 1.54) is 38.5 Å². The molecule has 1 N–H and O–H groups in total. The molecule has 2 amide bonds. The van der Waals surface area contributed by atoms with Crippen molar-refractivity contribution in [3.05, 3.63) is 17.0 Å². The lowest BCUT2D eigenvalue weighted by atomic mass is 9.48. The molecule has 32 heavy (non-hydrogen) atoms. The van der Waals surface area contributed by atoms with Crippen molar-refractivity contribution in [1.82, 2.24) is 20.0 Å². The van der Waals surface area contributed by atoms with Gasteiger partial charge < -0.3 is 15.0 Å². The normalized spacial score (nSPS) is 31.9. The zero-order valence-corrected chi connectivity index (χ0v) is 20.2. The first-order valence-electron chi connectivity index (χ1n) is 12.4. The summed E-state index contributed by atoms with van der Waals surface area (Å²) in [5.74, 6) is 2.46. The van der Waals surface area contributed by atoms with Crippen LogP contribution < -0.4 is 5.32 Å². The van der Waals surface area contributed by atoms with Crippen LogP contribution in [-0.4, -0.2) is 44.9 Å². The molecule has 1 aliphatic heterocycles. The van der Waals surface area contributed by atoms with E-state index in [-0.39, 0.29) is 23.5 Å². The van der Waals surface area contributed by atoms with Crippen molar-refractivity contribution in [1.29, 1.82) is 0 Å². The highest BCUT2D eigenvalue weighted by Crippen LogP contribution is 2.61.